The molecule has 2 aliphatic rings. The summed E-state index contributed by atoms with van der Waals surface area (Å²) in [6, 6.07) is 3.59. The molecule has 2 N–H and O–H groups in total. The number of imide groups is 2. The molecule has 11 heteroatoms. The van der Waals surface area contributed by atoms with Crippen molar-refractivity contribution in [2.45, 2.75) is 122 Å². The number of nitrogens with zero attached hydrogens (tertiary/aromatic N) is 1. The van der Waals surface area contributed by atoms with Crippen LogP contribution in [0.2, 0.25) is 0 Å². The maximum atomic E-state index is 13.2. The third kappa shape index (κ3) is 13.5. The van der Waals surface area contributed by atoms with E-state index in [0.717, 1.165) is 30.8 Å². The molecule has 0 bridgehead atoms. The normalized spacial score (nSPS) is 16.1. The molecule has 0 radical (unpaired) electrons. The van der Waals surface area contributed by atoms with Gasteiger partial charge in [-0.15, -0.1) is 0 Å². The van der Waals surface area contributed by atoms with Crippen LogP contribution in [0.1, 0.15) is 137 Å². The molecule has 1 fully saturated rings. The summed E-state index contributed by atoms with van der Waals surface area (Å²) in [5, 5.41) is 4.93. The average Bonchev–Trinajstić information content (AvgIpc) is 3.31. The Morgan fingerprint density at radius 2 is 1.30 bits per heavy atom. The summed E-state index contributed by atoms with van der Waals surface area (Å²) < 4.78 is 16.8. The molecule has 47 heavy (non-hydrogen) atoms. The predicted molar refractivity (Wildman–Crippen MR) is 179 cm³/mol. The smallest absolute Gasteiger partial charge is 0.264 e. The summed E-state index contributed by atoms with van der Waals surface area (Å²) >= 11 is 0. The Kier molecular flexibility index (Phi) is 18.3. The molecule has 1 atom stereocenters. The van der Waals surface area contributed by atoms with Gasteiger partial charge in [-0.2, -0.15) is 0 Å². The van der Waals surface area contributed by atoms with Gasteiger partial charge in [-0.25, -0.2) is 0 Å². The van der Waals surface area contributed by atoms with E-state index < -0.39 is 29.7 Å². The number of anilines is 1. The van der Waals surface area contributed by atoms with Crippen LogP contribution >= 0.6 is 0 Å². The highest BCUT2D eigenvalue weighted by atomic mass is 16.5. The summed E-state index contributed by atoms with van der Waals surface area (Å²) in [5.41, 5.74) is 0.441. The summed E-state index contributed by atoms with van der Waals surface area (Å²) in [6.07, 6.45) is 17.2. The van der Waals surface area contributed by atoms with Crippen LogP contribution in [0.15, 0.2) is 18.2 Å². The van der Waals surface area contributed by atoms with E-state index >= 15 is 0 Å². The SMILES string of the molecule is CCCCCCCCCCCCCOCCOCCOCCCCCC(=O)Nc1cccc2c1C(=O)N(C1CCC(=O)NC1=O)C2=O. The predicted octanol–water partition coefficient (Wildman–Crippen LogP) is 5.95. The fourth-order valence-electron chi connectivity index (χ4n) is 5.91. The lowest BCUT2D eigenvalue weighted by molar-refractivity contribution is -0.136. The number of piperidine rings is 1. The van der Waals surface area contributed by atoms with Gasteiger partial charge in [0, 0.05) is 26.1 Å². The molecule has 2 aliphatic heterocycles. The van der Waals surface area contributed by atoms with Crippen molar-refractivity contribution < 1.29 is 38.2 Å². The van der Waals surface area contributed by atoms with E-state index in [1.807, 2.05) is 0 Å². The molecule has 3 rings (SSSR count). The highest BCUT2D eigenvalue weighted by Gasteiger charge is 2.45. The van der Waals surface area contributed by atoms with Gasteiger partial charge in [0.1, 0.15) is 6.04 Å². The number of carbonyl (C=O) groups excluding carboxylic acids is 5. The Balaban J connectivity index is 1.14. The number of carbonyl (C=O) groups is 5. The van der Waals surface area contributed by atoms with E-state index in [9.17, 15) is 24.0 Å². The van der Waals surface area contributed by atoms with Gasteiger partial charge in [-0.1, -0.05) is 83.6 Å². The zero-order valence-corrected chi connectivity index (χ0v) is 28.3. The van der Waals surface area contributed by atoms with E-state index in [1.165, 1.54) is 70.3 Å². The number of hydrogen-bond donors (Lipinski definition) is 2. The van der Waals surface area contributed by atoms with E-state index in [1.54, 1.807) is 12.1 Å². The van der Waals surface area contributed by atoms with Gasteiger partial charge in [0.2, 0.25) is 17.7 Å². The van der Waals surface area contributed by atoms with Gasteiger partial charge in [-0.05, 0) is 37.8 Å². The molecule has 2 heterocycles. The van der Waals surface area contributed by atoms with Gasteiger partial charge in [0.25, 0.3) is 11.8 Å². The van der Waals surface area contributed by atoms with E-state index in [0.29, 0.717) is 39.5 Å². The number of rotatable bonds is 26. The highest BCUT2D eigenvalue weighted by molar-refractivity contribution is 6.26. The van der Waals surface area contributed by atoms with Crippen molar-refractivity contribution in [1.82, 2.24) is 10.2 Å². The van der Waals surface area contributed by atoms with Crippen molar-refractivity contribution >= 4 is 35.2 Å². The van der Waals surface area contributed by atoms with Crippen molar-refractivity contribution in [2.75, 3.05) is 45.0 Å². The van der Waals surface area contributed by atoms with Crippen molar-refractivity contribution in [1.29, 1.82) is 0 Å². The number of unbranched alkanes of at least 4 members (excludes halogenated alkanes) is 12. The molecule has 1 aromatic rings. The first-order valence-corrected chi connectivity index (χ1v) is 17.8. The van der Waals surface area contributed by atoms with Crippen molar-refractivity contribution in [3.8, 4) is 0 Å². The van der Waals surface area contributed by atoms with E-state index in [4.69, 9.17) is 14.2 Å². The van der Waals surface area contributed by atoms with Crippen LogP contribution < -0.4 is 10.6 Å². The molecule has 1 aromatic carbocycles. The molecule has 5 amide bonds. The zero-order chi connectivity index (χ0) is 33.7. The van der Waals surface area contributed by atoms with Crippen LogP contribution in [0.5, 0.6) is 0 Å². The molecule has 1 unspecified atom stereocenters. The van der Waals surface area contributed by atoms with Gasteiger partial charge in [0.15, 0.2) is 0 Å². The second kappa shape index (κ2) is 22.4. The number of nitrogens with one attached hydrogen (secondary N) is 2. The number of hydrogen-bond acceptors (Lipinski definition) is 8. The van der Waals surface area contributed by atoms with Crippen LogP contribution in [0.4, 0.5) is 5.69 Å². The number of fused-ring (bicyclic) bond motifs is 1. The van der Waals surface area contributed by atoms with Gasteiger partial charge >= 0.3 is 0 Å². The first-order valence-electron chi connectivity index (χ1n) is 17.8. The molecule has 262 valence electrons. The maximum absolute atomic E-state index is 13.2. The van der Waals surface area contributed by atoms with Gasteiger partial charge in [0.05, 0.1) is 43.2 Å². The Bertz CT molecular complexity index is 1160. The molecule has 0 saturated carbocycles. The monoisotopic (exact) mass is 657 g/mol. The second-order valence-corrected chi connectivity index (χ2v) is 12.4. The number of amides is 5. The van der Waals surface area contributed by atoms with Gasteiger partial charge < -0.3 is 19.5 Å². The minimum absolute atomic E-state index is 0.0429. The minimum Gasteiger partial charge on any atom is -0.379 e. The maximum Gasteiger partial charge on any atom is 0.264 e. The molecule has 11 nitrogen and oxygen atoms in total. The number of benzene rings is 1. The fourth-order valence-corrected chi connectivity index (χ4v) is 5.91. The van der Waals surface area contributed by atoms with Crippen molar-refractivity contribution in [3.63, 3.8) is 0 Å². The fraction of sp³-hybridized carbons (Fsp3) is 0.694. The Morgan fingerprint density at radius 1 is 0.745 bits per heavy atom. The lowest BCUT2D eigenvalue weighted by Gasteiger charge is -2.27. The minimum atomic E-state index is -1.06. The quantitative estimate of drug-likeness (QED) is 0.0921. The van der Waals surface area contributed by atoms with Crippen LogP contribution in [-0.4, -0.2) is 80.1 Å². The summed E-state index contributed by atoms with van der Waals surface area (Å²) in [5.74, 6) is -2.63. The Labute approximate surface area is 279 Å². The van der Waals surface area contributed by atoms with Crippen LogP contribution in [0, 0.1) is 0 Å². The first-order chi connectivity index (χ1) is 22.9. The Hall–Kier alpha value is -3.15. The summed E-state index contributed by atoms with van der Waals surface area (Å²) in [7, 11) is 0. The molecule has 0 spiro atoms. The van der Waals surface area contributed by atoms with E-state index in [2.05, 4.69) is 17.6 Å². The molecular weight excluding hydrogens is 602 g/mol. The van der Waals surface area contributed by atoms with Crippen LogP contribution in [0.3, 0.4) is 0 Å². The summed E-state index contributed by atoms with van der Waals surface area (Å²) in [4.78, 5) is 63.4. The second-order valence-electron chi connectivity index (χ2n) is 12.4. The molecular formula is C36H55N3O8. The lowest BCUT2D eigenvalue weighted by atomic mass is 10.0. The standard InChI is InChI=1S/C36H55N3O8/c1-2-3-4-5-6-7-8-9-10-11-14-22-45-24-26-47-27-25-46-23-15-12-13-19-31(40)37-29-18-16-17-28-33(29)36(44)39(35(28)43)30-20-21-32(41)38-34(30)42/h16-18,30H,2-15,19-27H2,1H3,(H,37,40)(H,38,41,42). The van der Waals surface area contributed by atoms with Crippen molar-refractivity contribution in [2.24, 2.45) is 0 Å². The van der Waals surface area contributed by atoms with E-state index in [-0.39, 0.29) is 42.0 Å². The lowest BCUT2D eigenvalue weighted by Crippen LogP contribution is -2.54. The average molecular weight is 658 g/mol. The number of ether oxygens (including phenoxy) is 3. The topological polar surface area (TPSA) is 140 Å². The third-order valence-corrected chi connectivity index (χ3v) is 8.57. The molecule has 1 saturated heterocycles. The van der Waals surface area contributed by atoms with Crippen LogP contribution in [0.25, 0.3) is 0 Å². The van der Waals surface area contributed by atoms with Crippen molar-refractivity contribution in [3.05, 3.63) is 29.3 Å². The zero-order valence-electron chi connectivity index (χ0n) is 28.3. The molecule has 0 aliphatic carbocycles. The Morgan fingerprint density at radius 3 is 1.89 bits per heavy atom. The first kappa shape index (κ1) is 38.3. The third-order valence-electron chi connectivity index (χ3n) is 8.57. The highest BCUT2D eigenvalue weighted by Crippen LogP contribution is 2.32. The van der Waals surface area contributed by atoms with Crippen LogP contribution in [-0.2, 0) is 28.6 Å². The summed E-state index contributed by atoms with van der Waals surface area (Å²) in [6.45, 7) is 5.84. The van der Waals surface area contributed by atoms with Gasteiger partial charge in [-0.3, -0.25) is 34.2 Å². The molecule has 0 aromatic heterocycles. The largest absolute Gasteiger partial charge is 0.379 e.